The summed E-state index contributed by atoms with van der Waals surface area (Å²) in [5.74, 6) is 1.01. The van der Waals surface area contributed by atoms with Crippen molar-refractivity contribution in [3.05, 3.63) is 42.0 Å². The summed E-state index contributed by atoms with van der Waals surface area (Å²) in [6.45, 7) is 1.39. The molecule has 7 heteroatoms. The molecular formula is C15H14N4O2S. The van der Waals surface area contributed by atoms with Gasteiger partial charge in [0.25, 0.3) is 5.91 Å². The van der Waals surface area contributed by atoms with E-state index in [0.29, 0.717) is 18.8 Å². The molecule has 0 saturated carbocycles. The number of likely N-dealkylation sites (tertiary alicyclic amines) is 1. The van der Waals surface area contributed by atoms with E-state index in [1.54, 1.807) is 0 Å². The van der Waals surface area contributed by atoms with Crippen LogP contribution in [0.15, 0.2) is 34.9 Å². The van der Waals surface area contributed by atoms with E-state index in [0.717, 1.165) is 41.6 Å². The van der Waals surface area contributed by atoms with Crippen molar-refractivity contribution < 1.29 is 9.21 Å². The topological polar surface area (TPSA) is 72.1 Å². The van der Waals surface area contributed by atoms with Crippen molar-refractivity contribution in [1.82, 2.24) is 18.6 Å². The van der Waals surface area contributed by atoms with Gasteiger partial charge in [0, 0.05) is 19.0 Å². The minimum atomic E-state index is -0.0373. The van der Waals surface area contributed by atoms with Gasteiger partial charge < -0.3 is 9.32 Å². The standard InChI is InChI=1S/C15H14N4O2S/c20-15(12-9-16-22-18-12)19-7-5-10(6-8-19)14-17-11-3-1-2-4-13(11)21-14/h1-4,9-10H,5-8H2. The third kappa shape index (κ3) is 2.37. The molecule has 22 heavy (non-hydrogen) atoms. The lowest BCUT2D eigenvalue weighted by atomic mass is 9.96. The van der Waals surface area contributed by atoms with E-state index in [1.807, 2.05) is 29.2 Å². The first-order valence-electron chi connectivity index (χ1n) is 7.23. The van der Waals surface area contributed by atoms with Crippen LogP contribution < -0.4 is 0 Å². The molecule has 1 aliphatic heterocycles. The highest BCUT2D eigenvalue weighted by atomic mass is 32.1. The van der Waals surface area contributed by atoms with E-state index in [9.17, 15) is 4.79 Å². The number of nitrogens with zero attached hydrogens (tertiary/aromatic N) is 4. The number of aromatic nitrogens is 3. The second-order valence-electron chi connectivity index (χ2n) is 5.38. The Morgan fingerprint density at radius 2 is 2.09 bits per heavy atom. The Hall–Kier alpha value is -2.28. The molecule has 0 bridgehead atoms. The molecule has 0 unspecified atom stereocenters. The molecule has 0 N–H and O–H groups in total. The number of rotatable bonds is 2. The van der Waals surface area contributed by atoms with E-state index in [-0.39, 0.29) is 11.8 Å². The van der Waals surface area contributed by atoms with Crippen molar-refractivity contribution >= 4 is 28.7 Å². The lowest BCUT2D eigenvalue weighted by Crippen LogP contribution is -2.38. The summed E-state index contributed by atoms with van der Waals surface area (Å²) >= 11 is 1.06. The van der Waals surface area contributed by atoms with Gasteiger partial charge in [0.05, 0.1) is 17.9 Å². The van der Waals surface area contributed by atoms with Crippen LogP contribution in [-0.2, 0) is 0 Å². The Balaban J connectivity index is 1.46. The van der Waals surface area contributed by atoms with E-state index in [4.69, 9.17) is 4.42 Å². The number of hydrogen-bond donors (Lipinski definition) is 0. The highest BCUT2D eigenvalue weighted by Gasteiger charge is 2.28. The Labute approximate surface area is 131 Å². The predicted octanol–water partition coefficient (Wildman–Crippen LogP) is 2.70. The highest BCUT2D eigenvalue weighted by Crippen LogP contribution is 2.30. The molecule has 0 radical (unpaired) electrons. The maximum atomic E-state index is 12.2. The molecule has 0 spiro atoms. The molecule has 2 aromatic heterocycles. The molecule has 1 saturated heterocycles. The molecule has 6 nitrogen and oxygen atoms in total. The van der Waals surface area contributed by atoms with E-state index in [2.05, 4.69) is 13.7 Å². The Bertz CT molecular complexity index is 758. The average Bonchev–Trinajstić information content (AvgIpc) is 3.23. The fourth-order valence-electron chi connectivity index (χ4n) is 2.82. The van der Waals surface area contributed by atoms with Crippen LogP contribution in [-0.4, -0.2) is 37.6 Å². The van der Waals surface area contributed by atoms with Gasteiger partial charge in [-0.3, -0.25) is 4.79 Å². The highest BCUT2D eigenvalue weighted by molar-refractivity contribution is 6.99. The van der Waals surface area contributed by atoms with Crippen LogP contribution in [0.2, 0.25) is 0 Å². The molecule has 1 amide bonds. The van der Waals surface area contributed by atoms with Crippen LogP contribution in [0.1, 0.15) is 35.1 Å². The van der Waals surface area contributed by atoms with Gasteiger partial charge >= 0.3 is 0 Å². The third-order valence-corrected chi connectivity index (χ3v) is 4.50. The van der Waals surface area contributed by atoms with Gasteiger partial charge in [-0.1, -0.05) is 12.1 Å². The zero-order valence-electron chi connectivity index (χ0n) is 11.8. The summed E-state index contributed by atoms with van der Waals surface area (Å²) in [5.41, 5.74) is 2.15. The van der Waals surface area contributed by atoms with Crippen LogP contribution in [0, 0.1) is 0 Å². The molecule has 0 aliphatic carbocycles. The summed E-state index contributed by atoms with van der Waals surface area (Å²) in [7, 11) is 0. The van der Waals surface area contributed by atoms with Crippen molar-refractivity contribution in [2.75, 3.05) is 13.1 Å². The molecule has 3 aromatic rings. The van der Waals surface area contributed by atoms with Crippen molar-refractivity contribution in [2.45, 2.75) is 18.8 Å². The summed E-state index contributed by atoms with van der Waals surface area (Å²) in [5, 5.41) is 0. The molecule has 1 aromatic carbocycles. The molecule has 4 rings (SSSR count). The molecule has 1 fully saturated rings. The molecule has 0 atom stereocenters. The number of fused-ring (bicyclic) bond motifs is 1. The Morgan fingerprint density at radius 3 is 2.82 bits per heavy atom. The average molecular weight is 314 g/mol. The summed E-state index contributed by atoms with van der Waals surface area (Å²) < 4.78 is 13.7. The fraction of sp³-hybridized carbons (Fsp3) is 0.333. The lowest BCUT2D eigenvalue weighted by molar-refractivity contribution is 0.0702. The molecule has 3 heterocycles. The number of benzene rings is 1. The monoisotopic (exact) mass is 314 g/mol. The van der Waals surface area contributed by atoms with Gasteiger partial charge in [-0.05, 0) is 25.0 Å². The van der Waals surface area contributed by atoms with Crippen molar-refractivity contribution in [2.24, 2.45) is 0 Å². The normalized spacial score (nSPS) is 16.3. The predicted molar refractivity (Wildman–Crippen MR) is 81.8 cm³/mol. The SMILES string of the molecule is O=C(c1cnsn1)N1CCC(c2nc3ccccc3o2)CC1. The quantitative estimate of drug-likeness (QED) is 0.727. The van der Waals surface area contributed by atoms with E-state index >= 15 is 0 Å². The maximum Gasteiger partial charge on any atom is 0.275 e. The van der Waals surface area contributed by atoms with Crippen LogP contribution in [0.4, 0.5) is 0 Å². The fourth-order valence-corrected chi connectivity index (χ4v) is 3.22. The molecular weight excluding hydrogens is 300 g/mol. The maximum absolute atomic E-state index is 12.2. The lowest BCUT2D eigenvalue weighted by Gasteiger charge is -2.29. The number of para-hydroxylation sites is 2. The van der Waals surface area contributed by atoms with Crippen molar-refractivity contribution in [1.29, 1.82) is 0 Å². The number of hydrogen-bond acceptors (Lipinski definition) is 6. The largest absolute Gasteiger partial charge is 0.440 e. The van der Waals surface area contributed by atoms with Gasteiger partial charge in [0.2, 0.25) is 0 Å². The smallest absolute Gasteiger partial charge is 0.275 e. The zero-order chi connectivity index (χ0) is 14.9. The summed E-state index contributed by atoms with van der Waals surface area (Å²) in [6.07, 6.45) is 3.24. The van der Waals surface area contributed by atoms with Gasteiger partial charge in [-0.2, -0.15) is 8.75 Å². The minimum absolute atomic E-state index is 0.0373. The van der Waals surface area contributed by atoms with Gasteiger partial charge in [0.15, 0.2) is 17.2 Å². The Kier molecular flexibility index (Phi) is 3.34. The van der Waals surface area contributed by atoms with Crippen LogP contribution >= 0.6 is 11.7 Å². The summed E-state index contributed by atoms with van der Waals surface area (Å²) in [4.78, 5) is 18.6. The first-order chi connectivity index (χ1) is 10.8. The minimum Gasteiger partial charge on any atom is -0.440 e. The molecule has 1 aliphatic rings. The first-order valence-corrected chi connectivity index (χ1v) is 7.96. The van der Waals surface area contributed by atoms with E-state index in [1.165, 1.54) is 6.20 Å². The number of amides is 1. The number of carbonyl (C=O) groups excluding carboxylic acids is 1. The van der Waals surface area contributed by atoms with Gasteiger partial charge in [-0.15, -0.1) is 0 Å². The Morgan fingerprint density at radius 1 is 1.27 bits per heavy atom. The third-order valence-electron chi connectivity index (χ3n) is 4.02. The van der Waals surface area contributed by atoms with Crippen LogP contribution in [0.5, 0.6) is 0 Å². The van der Waals surface area contributed by atoms with Crippen LogP contribution in [0.25, 0.3) is 11.1 Å². The second kappa shape index (κ2) is 5.49. The van der Waals surface area contributed by atoms with E-state index < -0.39 is 0 Å². The number of carbonyl (C=O) groups is 1. The zero-order valence-corrected chi connectivity index (χ0v) is 12.6. The van der Waals surface area contributed by atoms with Crippen molar-refractivity contribution in [3.63, 3.8) is 0 Å². The number of oxazole rings is 1. The summed E-state index contributed by atoms with van der Waals surface area (Å²) in [6, 6.07) is 7.79. The second-order valence-corrected chi connectivity index (χ2v) is 5.94. The first kappa shape index (κ1) is 13.4. The van der Waals surface area contributed by atoms with Crippen molar-refractivity contribution in [3.8, 4) is 0 Å². The van der Waals surface area contributed by atoms with Gasteiger partial charge in [0.1, 0.15) is 5.52 Å². The number of piperidine rings is 1. The van der Waals surface area contributed by atoms with Gasteiger partial charge in [-0.25, -0.2) is 4.98 Å². The molecule has 112 valence electrons. The van der Waals surface area contributed by atoms with Crippen LogP contribution in [0.3, 0.4) is 0 Å².